The highest BCUT2D eigenvalue weighted by molar-refractivity contribution is 6.34. The smallest absolute Gasteiger partial charge is 0.416 e. The molecule has 0 atom stereocenters. The van der Waals surface area contributed by atoms with Gasteiger partial charge in [0.25, 0.3) is 5.91 Å². The van der Waals surface area contributed by atoms with Crippen LogP contribution in [0.3, 0.4) is 0 Å². The van der Waals surface area contributed by atoms with Crippen molar-refractivity contribution in [3.05, 3.63) is 94.6 Å². The second kappa shape index (κ2) is 10.9. The number of hydrogen-bond acceptors (Lipinski definition) is 4. The lowest BCUT2D eigenvalue weighted by Crippen LogP contribution is -2.34. The number of benzene rings is 3. The highest BCUT2D eigenvalue weighted by Gasteiger charge is 2.30. The van der Waals surface area contributed by atoms with E-state index in [9.17, 15) is 22.8 Å². The number of amides is 2. The van der Waals surface area contributed by atoms with Gasteiger partial charge in [-0.3, -0.25) is 9.59 Å². The zero-order valence-electron chi connectivity index (χ0n) is 21.3. The first-order chi connectivity index (χ1) is 18.3. The second-order valence-electron chi connectivity index (χ2n) is 9.85. The third-order valence-corrected chi connectivity index (χ3v) is 6.13. The quantitative estimate of drug-likeness (QED) is 0.256. The molecule has 0 aliphatic rings. The van der Waals surface area contributed by atoms with E-state index >= 15 is 0 Å². The van der Waals surface area contributed by atoms with Gasteiger partial charge >= 0.3 is 6.18 Å². The van der Waals surface area contributed by atoms with E-state index in [1.165, 1.54) is 18.3 Å². The van der Waals surface area contributed by atoms with Crippen molar-refractivity contribution in [2.45, 2.75) is 33.5 Å². The van der Waals surface area contributed by atoms with Gasteiger partial charge in [-0.05, 0) is 54.1 Å². The van der Waals surface area contributed by atoms with Gasteiger partial charge in [0.2, 0.25) is 11.8 Å². The SMILES string of the molecule is CC(C)(C)C(=O)NCc1ccc(Cl)c(C(=O)Nc2cccc3c(Oc4cccc(C(F)(F)F)c4)nccc23)c1. The van der Waals surface area contributed by atoms with Gasteiger partial charge < -0.3 is 15.4 Å². The number of pyridine rings is 1. The van der Waals surface area contributed by atoms with E-state index in [1.54, 1.807) is 63.2 Å². The summed E-state index contributed by atoms with van der Waals surface area (Å²) in [5.74, 6) is -0.552. The summed E-state index contributed by atoms with van der Waals surface area (Å²) in [7, 11) is 0. The fraction of sp³-hybridized carbons (Fsp3) is 0.207. The van der Waals surface area contributed by atoms with E-state index in [0.717, 1.165) is 12.1 Å². The lowest BCUT2D eigenvalue weighted by molar-refractivity contribution is -0.137. The molecule has 3 aromatic carbocycles. The first-order valence-electron chi connectivity index (χ1n) is 11.9. The van der Waals surface area contributed by atoms with Crippen molar-refractivity contribution in [2.24, 2.45) is 5.41 Å². The molecule has 4 rings (SSSR count). The Morgan fingerprint density at radius 2 is 1.69 bits per heavy atom. The average Bonchev–Trinajstić information content (AvgIpc) is 2.87. The van der Waals surface area contributed by atoms with Gasteiger partial charge in [-0.2, -0.15) is 13.2 Å². The Balaban J connectivity index is 1.58. The van der Waals surface area contributed by atoms with Crippen molar-refractivity contribution in [1.82, 2.24) is 10.3 Å². The molecule has 0 aliphatic heterocycles. The summed E-state index contributed by atoms with van der Waals surface area (Å²) in [5.41, 5.74) is -0.0622. The van der Waals surface area contributed by atoms with Gasteiger partial charge in [-0.1, -0.05) is 50.6 Å². The third kappa shape index (κ3) is 6.67. The molecule has 0 unspecified atom stereocenters. The number of nitrogens with zero attached hydrogens (tertiary/aromatic N) is 1. The lowest BCUT2D eigenvalue weighted by Gasteiger charge is -2.18. The number of ether oxygens (including phenoxy) is 1. The summed E-state index contributed by atoms with van der Waals surface area (Å²) in [6.07, 6.45) is -3.08. The van der Waals surface area contributed by atoms with Crippen molar-refractivity contribution in [3.63, 3.8) is 0 Å². The molecule has 1 aromatic heterocycles. The summed E-state index contributed by atoms with van der Waals surface area (Å²) in [5, 5.41) is 6.95. The summed E-state index contributed by atoms with van der Waals surface area (Å²) >= 11 is 6.31. The van der Waals surface area contributed by atoms with Crippen molar-refractivity contribution >= 4 is 39.9 Å². The molecule has 0 spiro atoms. The van der Waals surface area contributed by atoms with Crippen LogP contribution in [0.2, 0.25) is 5.02 Å². The van der Waals surface area contributed by atoms with E-state index in [-0.39, 0.29) is 34.7 Å². The van der Waals surface area contributed by atoms with Crippen molar-refractivity contribution in [2.75, 3.05) is 5.32 Å². The van der Waals surface area contributed by atoms with Gasteiger partial charge in [0.1, 0.15) is 5.75 Å². The zero-order chi connectivity index (χ0) is 28.4. The van der Waals surface area contributed by atoms with Crippen LogP contribution in [0.25, 0.3) is 10.8 Å². The molecular formula is C29H25ClF3N3O3. The summed E-state index contributed by atoms with van der Waals surface area (Å²) in [6, 6.07) is 16.1. The summed E-state index contributed by atoms with van der Waals surface area (Å²) < 4.78 is 45.0. The molecule has 0 saturated heterocycles. The fourth-order valence-corrected chi connectivity index (χ4v) is 3.92. The van der Waals surface area contributed by atoms with Crippen LogP contribution in [0.1, 0.15) is 42.3 Å². The topological polar surface area (TPSA) is 80.3 Å². The van der Waals surface area contributed by atoms with Crippen LogP contribution in [-0.4, -0.2) is 16.8 Å². The van der Waals surface area contributed by atoms with Crippen molar-refractivity contribution < 1.29 is 27.5 Å². The first-order valence-corrected chi connectivity index (χ1v) is 12.3. The first kappa shape index (κ1) is 27.9. The normalized spacial score (nSPS) is 11.8. The van der Waals surface area contributed by atoms with Crippen LogP contribution in [0.15, 0.2) is 72.9 Å². The molecule has 1 heterocycles. The number of alkyl halides is 3. The molecule has 0 aliphatic carbocycles. The maximum atomic E-state index is 13.2. The number of halogens is 4. The highest BCUT2D eigenvalue weighted by atomic mass is 35.5. The maximum absolute atomic E-state index is 13.2. The van der Waals surface area contributed by atoms with E-state index in [1.807, 2.05) is 0 Å². The van der Waals surface area contributed by atoms with E-state index in [4.69, 9.17) is 16.3 Å². The number of carbonyl (C=O) groups is 2. The molecule has 4 aromatic rings. The van der Waals surface area contributed by atoms with Gasteiger partial charge in [-0.25, -0.2) is 4.98 Å². The second-order valence-corrected chi connectivity index (χ2v) is 10.3. The van der Waals surface area contributed by atoms with Crippen molar-refractivity contribution in [1.29, 1.82) is 0 Å². The molecule has 2 N–H and O–H groups in total. The van der Waals surface area contributed by atoms with E-state index in [0.29, 0.717) is 22.0 Å². The van der Waals surface area contributed by atoms with Crippen LogP contribution in [0.5, 0.6) is 11.6 Å². The standard InChI is InChI=1S/C29H25ClF3N3O3/c1-28(2,3)27(38)35-16-17-10-11-23(30)22(14-17)25(37)36-24-9-5-8-21-20(24)12-13-34-26(21)39-19-7-4-6-18(15-19)29(31,32)33/h4-15H,16H2,1-3H3,(H,35,38)(H,36,37). The summed E-state index contributed by atoms with van der Waals surface area (Å²) in [6.45, 7) is 5.64. The molecule has 0 fully saturated rings. The molecule has 0 radical (unpaired) electrons. The minimum absolute atomic E-state index is 0.0265. The number of anilines is 1. The third-order valence-electron chi connectivity index (χ3n) is 5.80. The van der Waals surface area contributed by atoms with Crippen LogP contribution in [0, 0.1) is 5.41 Å². The molecule has 39 heavy (non-hydrogen) atoms. The number of nitrogens with one attached hydrogen (secondary N) is 2. The fourth-order valence-electron chi connectivity index (χ4n) is 3.71. The van der Waals surface area contributed by atoms with Crippen LogP contribution >= 0.6 is 11.6 Å². The molecule has 10 heteroatoms. The van der Waals surface area contributed by atoms with Crippen LogP contribution in [-0.2, 0) is 17.5 Å². The molecule has 0 saturated carbocycles. The van der Waals surface area contributed by atoms with E-state index in [2.05, 4.69) is 15.6 Å². The molecular weight excluding hydrogens is 531 g/mol. The Morgan fingerprint density at radius 1 is 0.949 bits per heavy atom. The minimum Gasteiger partial charge on any atom is -0.438 e. The highest BCUT2D eigenvalue weighted by Crippen LogP contribution is 2.35. The van der Waals surface area contributed by atoms with Crippen LogP contribution < -0.4 is 15.4 Å². The Morgan fingerprint density at radius 3 is 2.41 bits per heavy atom. The predicted octanol–water partition coefficient (Wildman–Crippen LogP) is 7.61. The Kier molecular flexibility index (Phi) is 7.83. The number of rotatable bonds is 6. The maximum Gasteiger partial charge on any atom is 0.416 e. The number of hydrogen-bond donors (Lipinski definition) is 2. The number of carbonyl (C=O) groups excluding carboxylic acids is 2. The molecule has 0 bridgehead atoms. The minimum atomic E-state index is -4.51. The monoisotopic (exact) mass is 555 g/mol. The Hall–Kier alpha value is -4.11. The van der Waals surface area contributed by atoms with Gasteiger partial charge in [0.15, 0.2) is 0 Å². The van der Waals surface area contributed by atoms with Gasteiger partial charge in [-0.15, -0.1) is 0 Å². The molecule has 202 valence electrons. The average molecular weight is 556 g/mol. The predicted molar refractivity (Wildman–Crippen MR) is 144 cm³/mol. The van der Waals surface area contributed by atoms with Crippen LogP contribution in [0.4, 0.5) is 18.9 Å². The zero-order valence-corrected chi connectivity index (χ0v) is 22.1. The largest absolute Gasteiger partial charge is 0.438 e. The van der Waals surface area contributed by atoms with E-state index < -0.39 is 23.1 Å². The molecule has 6 nitrogen and oxygen atoms in total. The Labute approximate surface area is 228 Å². The van der Waals surface area contributed by atoms with Crippen molar-refractivity contribution in [3.8, 4) is 11.6 Å². The van der Waals surface area contributed by atoms with Gasteiger partial charge in [0, 0.05) is 34.6 Å². The number of fused-ring (bicyclic) bond motifs is 1. The number of aromatic nitrogens is 1. The Bertz CT molecular complexity index is 1550. The summed E-state index contributed by atoms with van der Waals surface area (Å²) in [4.78, 5) is 29.6. The lowest BCUT2D eigenvalue weighted by atomic mass is 9.95. The molecule has 2 amide bonds. The van der Waals surface area contributed by atoms with Gasteiger partial charge in [0.05, 0.1) is 16.1 Å².